The first-order valence-corrected chi connectivity index (χ1v) is 4.76. The van der Waals surface area contributed by atoms with Crippen molar-refractivity contribution in [2.24, 2.45) is 11.8 Å². The first kappa shape index (κ1) is 8.97. The molecule has 74 valence electrons. The van der Waals surface area contributed by atoms with E-state index < -0.39 is 0 Å². The number of carbonyl (C=O) groups is 1. The molecule has 2 rings (SSSR count). The van der Waals surface area contributed by atoms with Crippen LogP contribution in [0.25, 0.3) is 0 Å². The lowest BCUT2D eigenvalue weighted by Crippen LogP contribution is -2.40. The van der Waals surface area contributed by atoms with Crippen LogP contribution in [-0.2, 0) is 14.3 Å². The molecule has 2 fully saturated rings. The van der Waals surface area contributed by atoms with Gasteiger partial charge >= 0.3 is 5.97 Å². The molecule has 0 aromatic rings. The van der Waals surface area contributed by atoms with Gasteiger partial charge in [0.2, 0.25) is 0 Å². The van der Waals surface area contributed by atoms with E-state index in [1.54, 1.807) is 0 Å². The van der Waals surface area contributed by atoms with Gasteiger partial charge in [-0.25, -0.2) is 0 Å². The first-order valence-electron chi connectivity index (χ1n) is 4.76. The Morgan fingerprint density at radius 2 is 2.23 bits per heavy atom. The van der Waals surface area contributed by atoms with E-state index in [9.17, 15) is 4.79 Å². The van der Waals surface area contributed by atoms with Crippen LogP contribution in [0, 0.1) is 11.8 Å². The summed E-state index contributed by atoms with van der Waals surface area (Å²) in [6, 6.07) is 0. The fraction of sp³-hybridized carbons (Fsp3) is 0.889. The molecular formula is C9H15NO3. The summed E-state index contributed by atoms with van der Waals surface area (Å²) in [6.07, 6.45) is 0.0142. The third-order valence-corrected chi connectivity index (χ3v) is 2.71. The van der Waals surface area contributed by atoms with Gasteiger partial charge in [0, 0.05) is 6.54 Å². The van der Waals surface area contributed by atoms with Gasteiger partial charge < -0.3 is 14.8 Å². The topological polar surface area (TPSA) is 47.6 Å². The highest BCUT2D eigenvalue weighted by Gasteiger charge is 2.33. The fourth-order valence-electron chi connectivity index (χ4n) is 1.66. The second kappa shape index (κ2) is 3.64. The van der Waals surface area contributed by atoms with Crippen LogP contribution >= 0.6 is 0 Å². The fourth-order valence-corrected chi connectivity index (χ4v) is 1.66. The molecule has 0 aliphatic carbocycles. The number of rotatable bonds is 2. The monoisotopic (exact) mass is 185 g/mol. The summed E-state index contributed by atoms with van der Waals surface area (Å²) in [5.41, 5.74) is 0. The molecule has 2 atom stereocenters. The molecule has 0 amide bonds. The largest absolute Gasteiger partial charge is 0.457 e. The molecule has 0 bridgehead atoms. The van der Waals surface area contributed by atoms with Crippen LogP contribution in [-0.4, -0.2) is 38.4 Å². The Bertz CT molecular complexity index is 203. The molecule has 13 heavy (non-hydrogen) atoms. The SMILES string of the molecule is CC1CNCC1C(=O)OC1COC1. The summed E-state index contributed by atoms with van der Waals surface area (Å²) >= 11 is 0. The molecule has 0 radical (unpaired) electrons. The third kappa shape index (κ3) is 1.84. The van der Waals surface area contributed by atoms with Gasteiger partial charge in [-0.1, -0.05) is 6.92 Å². The summed E-state index contributed by atoms with van der Waals surface area (Å²) in [5.74, 6) is 0.375. The lowest BCUT2D eigenvalue weighted by Gasteiger charge is -2.27. The average Bonchev–Trinajstić information content (AvgIpc) is 2.43. The molecule has 4 nitrogen and oxygen atoms in total. The van der Waals surface area contributed by atoms with Crippen molar-refractivity contribution in [3.8, 4) is 0 Å². The lowest BCUT2D eigenvalue weighted by molar-refractivity contribution is -0.177. The minimum absolute atomic E-state index is 0.0142. The number of carbonyl (C=O) groups excluding carboxylic acids is 1. The van der Waals surface area contributed by atoms with Gasteiger partial charge in [0.25, 0.3) is 0 Å². The van der Waals surface area contributed by atoms with Crippen molar-refractivity contribution >= 4 is 5.97 Å². The first-order chi connectivity index (χ1) is 6.27. The van der Waals surface area contributed by atoms with Gasteiger partial charge in [-0.15, -0.1) is 0 Å². The number of ether oxygens (including phenoxy) is 2. The predicted molar refractivity (Wildman–Crippen MR) is 46.2 cm³/mol. The van der Waals surface area contributed by atoms with Crippen molar-refractivity contribution in [3.05, 3.63) is 0 Å². The summed E-state index contributed by atoms with van der Waals surface area (Å²) < 4.78 is 10.2. The van der Waals surface area contributed by atoms with Gasteiger partial charge in [-0.2, -0.15) is 0 Å². The van der Waals surface area contributed by atoms with Crippen LogP contribution in [0.2, 0.25) is 0 Å². The smallest absolute Gasteiger partial charge is 0.310 e. The van der Waals surface area contributed by atoms with Crippen molar-refractivity contribution < 1.29 is 14.3 Å². The molecule has 2 aliphatic rings. The third-order valence-electron chi connectivity index (χ3n) is 2.71. The molecule has 4 heteroatoms. The number of esters is 1. The molecule has 2 saturated heterocycles. The van der Waals surface area contributed by atoms with E-state index in [1.807, 2.05) is 0 Å². The minimum Gasteiger partial charge on any atom is -0.457 e. The Morgan fingerprint density at radius 3 is 2.69 bits per heavy atom. The van der Waals surface area contributed by atoms with Crippen LogP contribution in [0.4, 0.5) is 0 Å². The molecule has 0 saturated carbocycles. The Kier molecular flexibility index (Phi) is 2.51. The van der Waals surface area contributed by atoms with E-state index in [1.165, 1.54) is 0 Å². The maximum Gasteiger partial charge on any atom is 0.310 e. The molecule has 0 aromatic carbocycles. The Hall–Kier alpha value is -0.610. The van der Waals surface area contributed by atoms with Crippen LogP contribution in [0.1, 0.15) is 6.92 Å². The van der Waals surface area contributed by atoms with Crippen LogP contribution < -0.4 is 5.32 Å². The molecular weight excluding hydrogens is 170 g/mol. The second-order valence-electron chi connectivity index (χ2n) is 3.84. The van der Waals surface area contributed by atoms with Crippen molar-refractivity contribution in [3.63, 3.8) is 0 Å². The highest BCUT2D eigenvalue weighted by atomic mass is 16.6. The summed E-state index contributed by atoms with van der Waals surface area (Å²) in [7, 11) is 0. The average molecular weight is 185 g/mol. The van der Waals surface area contributed by atoms with E-state index in [-0.39, 0.29) is 18.0 Å². The highest BCUT2D eigenvalue weighted by molar-refractivity contribution is 5.73. The van der Waals surface area contributed by atoms with Crippen molar-refractivity contribution in [2.75, 3.05) is 26.3 Å². The molecule has 2 unspecified atom stereocenters. The van der Waals surface area contributed by atoms with Crippen LogP contribution in [0.15, 0.2) is 0 Å². The van der Waals surface area contributed by atoms with E-state index in [4.69, 9.17) is 9.47 Å². The standard InChI is InChI=1S/C9H15NO3/c1-6-2-10-3-8(6)9(11)13-7-4-12-5-7/h6-8,10H,2-5H2,1H3. The maximum atomic E-state index is 11.5. The molecule has 0 spiro atoms. The van der Waals surface area contributed by atoms with E-state index in [2.05, 4.69) is 12.2 Å². The molecule has 0 aromatic heterocycles. The second-order valence-corrected chi connectivity index (χ2v) is 3.84. The van der Waals surface area contributed by atoms with E-state index >= 15 is 0 Å². The maximum absolute atomic E-state index is 11.5. The number of hydrogen-bond donors (Lipinski definition) is 1. The molecule has 1 N–H and O–H groups in total. The predicted octanol–water partition coefficient (Wildman–Crippen LogP) is -0.216. The van der Waals surface area contributed by atoms with Crippen molar-refractivity contribution in [2.45, 2.75) is 13.0 Å². The quantitative estimate of drug-likeness (QED) is 0.604. The van der Waals surface area contributed by atoms with Crippen molar-refractivity contribution in [1.29, 1.82) is 0 Å². The van der Waals surface area contributed by atoms with Gasteiger partial charge in [-0.3, -0.25) is 4.79 Å². The summed E-state index contributed by atoms with van der Waals surface area (Å²) in [4.78, 5) is 11.5. The minimum atomic E-state index is -0.0641. The zero-order valence-electron chi connectivity index (χ0n) is 7.79. The zero-order valence-corrected chi connectivity index (χ0v) is 7.79. The van der Waals surface area contributed by atoms with E-state index in [0.717, 1.165) is 13.1 Å². The van der Waals surface area contributed by atoms with Gasteiger partial charge in [0.15, 0.2) is 0 Å². The lowest BCUT2D eigenvalue weighted by atomic mass is 9.98. The summed E-state index contributed by atoms with van der Waals surface area (Å²) in [6.45, 7) is 4.89. The Balaban J connectivity index is 1.81. The normalized spacial score (nSPS) is 34.2. The number of hydrogen-bond acceptors (Lipinski definition) is 4. The zero-order chi connectivity index (χ0) is 9.26. The van der Waals surface area contributed by atoms with Crippen LogP contribution in [0.5, 0.6) is 0 Å². The van der Waals surface area contributed by atoms with Gasteiger partial charge in [0.05, 0.1) is 19.1 Å². The highest BCUT2D eigenvalue weighted by Crippen LogP contribution is 2.19. The van der Waals surface area contributed by atoms with Crippen LogP contribution in [0.3, 0.4) is 0 Å². The molecule has 2 heterocycles. The summed E-state index contributed by atoms with van der Waals surface area (Å²) in [5, 5.41) is 3.18. The number of nitrogens with one attached hydrogen (secondary N) is 1. The Labute approximate surface area is 77.6 Å². The Morgan fingerprint density at radius 1 is 1.46 bits per heavy atom. The van der Waals surface area contributed by atoms with Gasteiger partial charge in [0.1, 0.15) is 6.10 Å². The van der Waals surface area contributed by atoms with E-state index in [0.29, 0.717) is 19.1 Å². The van der Waals surface area contributed by atoms with Crippen molar-refractivity contribution in [1.82, 2.24) is 5.32 Å². The van der Waals surface area contributed by atoms with Gasteiger partial charge in [-0.05, 0) is 12.5 Å². The molecule has 2 aliphatic heterocycles.